The predicted molar refractivity (Wildman–Crippen MR) is 76.3 cm³/mol. The first-order valence-corrected chi connectivity index (χ1v) is 7.36. The highest BCUT2D eigenvalue weighted by atomic mass is 35.5. The van der Waals surface area contributed by atoms with Crippen molar-refractivity contribution in [3.8, 4) is 0 Å². The Kier molecular flexibility index (Phi) is 3.76. The Balaban J connectivity index is 1.60. The summed E-state index contributed by atoms with van der Waals surface area (Å²) in [5.74, 6) is 0.890. The van der Waals surface area contributed by atoms with E-state index in [0.717, 1.165) is 25.2 Å². The smallest absolute Gasteiger partial charge is 0.227 e. The summed E-state index contributed by atoms with van der Waals surface area (Å²) in [6.07, 6.45) is 2.97. The van der Waals surface area contributed by atoms with Gasteiger partial charge in [0, 0.05) is 24.2 Å². The largest absolute Gasteiger partial charge is 0.341 e. The van der Waals surface area contributed by atoms with Crippen molar-refractivity contribution >= 4 is 17.5 Å². The lowest BCUT2D eigenvalue weighted by molar-refractivity contribution is -0.129. The summed E-state index contributed by atoms with van der Waals surface area (Å²) in [6.45, 7) is 2.89. The Morgan fingerprint density at radius 1 is 1.32 bits per heavy atom. The number of carbonyl (C=O) groups is 1. The van der Waals surface area contributed by atoms with Gasteiger partial charge in [0.2, 0.25) is 5.91 Å². The van der Waals surface area contributed by atoms with Crippen LogP contribution in [0.2, 0.25) is 5.02 Å². The third kappa shape index (κ3) is 2.93. The van der Waals surface area contributed by atoms with Crippen molar-refractivity contribution in [2.75, 3.05) is 19.6 Å². The molecule has 1 aromatic rings. The van der Waals surface area contributed by atoms with E-state index in [-0.39, 0.29) is 5.91 Å². The van der Waals surface area contributed by atoms with Crippen molar-refractivity contribution in [3.05, 3.63) is 34.9 Å². The number of halogens is 1. The average molecular weight is 279 g/mol. The van der Waals surface area contributed by atoms with Gasteiger partial charge in [0.25, 0.3) is 0 Å². The monoisotopic (exact) mass is 278 g/mol. The summed E-state index contributed by atoms with van der Waals surface area (Å²) in [7, 11) is 0. The number of likely N-dealkylation sites (tertiary alicyclic amines) is 1. The van der Waals surface area contributed by atoms with Crippen LogP contribution in [-0.4, -0.2) is 36.5 Å². The van der Waals surface area contributed by atoms with Crippen molar-refractivity contribution in [1.29, 1.82) is 0 Å². The zero-order chi connectivity index (χ0) is 13.2. The first kappa shape index (κ1) is 12.9. The molecular formula is C15H19ClN2O. The number of fused-ring (bicyclic) bond motifs is 1. The molecule has 0 aromatic heterocycles. The van der Waals surface area contributed by atoms with Gasteiger partial charge in [-0.2, -0.15) is 0 Å². The van der Waals surface area contributed by atoms with Gasteiger partial charge in [-0.15, -0.1) is 0 Å². The molecule has 2 saturated heterocycles. The first-order valence-electron chi connectivity index (χ1n) is 6.98. The first-order chi connectivity index (χ1) is 9.22. The second kappa shape index (κ2) is 5.51. The van der Waals surface area contributed by atoms with E-state index in [4.69, 9.17) is 11.6 Å². The van der Waals surface area contributed by atoms with Crippen LogP contribution in [0.4, 0.5) is 0 Å². The summed E-state index contributed by atoms with van der Waals surface area (Å²) in [4.78, 5) is 14.3. The van der Waals surface area contributed by atoms with Crippen LogP contribution in [0, 0.1) is 5.92 Å². The number of carbonyl (C=O) groups excluding carboxylic acids is 1. The van der Waals surface area contributed by atoms with E-state index in [0.29, 0.717) is 23.4 Å². The van der Waals surface area contributed by atoms with Crippen molar-refractivity contribution in [2.45, 2.75) is 25.3 Å². The molecule has 0 bridgehead atoms. The average Bonchev–Trinajstić information content (AvgIpc) is 2.85. The van der Waals surface area contributed by atoms with Gasteiger partial charge in [-0.3, -0.25) is 4.79 Å². The summed E-state index contributed by atoms with van der Waals surface area (Å²) in [6, 6.07) is 8.07. The number of amides is 1. The lowest BCUT2D eigenvalue weighted by Gasteiger charge is -2.24. The topological polar surface area (TPSA) is 32.3 Å². The molecule has 2 atom stereocenters. The molecule has 3 nitrogen and oxygen atoms in total. The maximum absolute atomic E-state index is 12.3. The fourth-order valence-electron chi connectivity index (χ4n) is 3.14. The van der Waals surface area contributed by atoms with E-state index in [2.05, 4.69) is 5.32 Å². The predicted octanol–water partition coefficient (Wildman–Crippen LogP) is 2.09. The molecule has 0 saturated carbocycles. The van der Waals surface area contributed by atoms with Crippen molar-refractivity contribution in [2.24, 2.45) is 5.92 Å². The Morgan fingerprint density at radius 3 is 2.84 bits per heavy atom. The van der Waals surface area contributed by atoms with Gasteiger partial charge in [0.15, 0.2) is 0 Å². The molecule has 102 valence electrons. The number of rotatable bonds is 2. The van der Waals surface area contributed by atoms with Gasteiger partial charge in [-0.25, -0.2) is 0 Å². The van der Waals surface area contributed by atoms with Crippen LogP contribution in [0.1, 0.15) is 18.4 Å². The van der Waals surface area contributed by atoms with Gasteiger partial charge >= 0.3 is 0 Å². The zero-order valence-electron chi connectivity index (χ0n) is 10.9. The number of nitrogens with zero attached hydrogens (tertiary/aromatic N) is 1. The quantitative estimate of drug-likeness (QED) is 0.898. The molecule has 0 aliphatic carbocycles. The minimum Gasteiger partial charge on any atom is -0.341 e. The summed E-state index contributed by atoms with van der Waals surface area (Å²) >= 11 is 5.85. The third-order valence-corrected chi connectivity index (χ3v) is 4.47. The Morgan fingerprint density at radius 2 is 2.11 bits per heavy atom. The van der Waals surface area contributed by atoms with Gasteiger partial charge < -0.3 is 10.2 Å². The molecule has 1 N–H and O–H groups in total. The van der Waals surface area contributed by atoms with Crippen LogP contribution in [-0.2, 0) is 11.2 Å². The number of hydrogen-bond donors (Lipinski definition) is 1. The standard InChI is InChI=1S/C15H19ClN2O/c16-13-5-3-11(4-6-13)8-15(19)18-9-12-2-1-7-17-14(12)10-18/h3-6,12,14,17H,1-2,7-10H2/t12-,14+/m0/s1. The Labute approximate surface area is 118 Å². The highest BCUT2D eigenvalue weighted by molar-refractivity contribution is 6.30. The van der Waals surface area contributed by atoms with E-state index in [1.807, 2.05) is 29.2 Å². The summed E-state index contributed by atoms with van der Waals surface area (Å²) in [5.41, 5.74) is 1.04. The van der Waals surface area contributed by atoms with E-state index >= 15 is 0 Å². The molecule has 2 fully saturated rings. The number of benzene rings is 1. The van der Waals surface area contributed by atoms with E-state index in [1.54, 1.807) is 0 Å². The Bertz CT molecular complexity index is 446. The van der Waals surface area contributed by atoms with Crippen LogP contribution in [0.3, 0.4) is 0 Å². The van der Waals surface area contributed by atoms with Crippen LogP contribution < -0.4 is 5.32 Å². The molecule has 1 amide bonds. The van der Waals surface area contributed by atoms with Crippen LogP contribution >= 0.6 is 11.6 Å². The minimum absolute atomic E-state index is 0.235. The van der Waals surface area contributed by atoms with E-state index in [1.165, 1.54) is 12.8 Å². The lowest BCUT2D eigenvalue weighted by atomic mass is 9.94. The molecule has 19 heavy (non-hydrogen) atoms. The van der Waals surface area contributed by atoms with Gasteiger partial charge in [0.1, 0.15) is 0 Å². The summed E-state index contributed by atoms with van der Waals surface area (Å²) < 4.78 is 0. The molecule has 2 aliphatic heterocycles. The van der Waals surface area contributed by atoms with E-state index in [9.17, 15) is 4.79 Å². The maximum Gasteiger partial charge on any atom is 0.227 e. The van der Waals surface area contributed by atoms with Crippen LogP contribution in [0.15, 0.2) is 24.3 Å². The number of piperidine rings is 1. The highest BCUT2D eigenvalue weighted by Gasteiger charge is 2.36. The fourth-order valence-corrected chi connectivity index (χ4v) is 3.27. The van der Waals surface area contributed by atoms with Crippen LogP contribution in [0.25, 0.3) is 0 Å². The van der Waals surface area contributed by atoms with E-state index < -0.39 is 0 Å². The minimum atomic E-state index is 0.235. The molecule has 4 heteroatoms. The second-order valence-electron chi connectivity index (χ2n) is 5.56. The zero-order valence-corrected chi connectivity index (χ0v) is 11.7. The molecule has 1 aromatic carbocycles. The number of nitrogens with one attached hydrogen (secondary N) is 1. The SMILES string of the molecule is O=C(Cc1ccc(Cl)cc1)N1C[C@@H]2CCCN[C@@H]2C1. The van der Waals surface area contributed by atoms with Crippen molar-refractivity contribution in [1.82, 2.24) is 10.2 Å². The maximum atomic E-state index is 12.3. The molecule has 3 rings (SSSR count). The molecule has 0 spiro atoms. The molecule has 2 aliphatic rings. The van der Waals surface area contributed by atoms with Gasteiger partial charge in [-0.05, 0) is 43.0 Å². The van der Waals surface area contributed by atoms with Crippen LogP contribution in [0.5, 0.6) is 0 Å². The second-order valence-corrected chi connectivity index (χ2v) is 6.00. The number of hydrogen-bond acceptors (Lipinski definition) is 2. The van der Waals surface area contributed by atoms with Crippen molar-refractivity contribution < 1.29 is 4.79 Å². The summed E-state index contributed by atoms with van der Waals surface area (Å²) in [5, 5.41) is 4.24. The molecule has 0 unspecified atom stereocenters. The van der Waals surface area contributed by atoms with Gasteiger partial charge in [0.05, 0.1) is 6.42 Å². The highest BCUT2D eigenvalue weighted by Crippen LogP contribution is 2.25. The molecule has 2 heterocycles. The lowest BCUT2D eigenvalue weighted by Crippen LogP contribution is -2.41. The Hall–Kier alpha value is -1.06. The normalized spacial score (nSPS) is 26.3. The van der Waals surface area contributed by atoms with Crippen molar-refractivity contribution in [3.63, 3.8) is 0 Å². The molecule has 0 radical (unpaired) electrons. The third-order valence-electron chi connectivity index (χ3n) is 4.22. The molecular weight excluding hydrogens is 260 g/mol. The van der Waals surface area contributed by atoms with Gasteiger partial charge in [-0.1, -0.05) is 23.7 Å². The fraction of sp³-hybridized carbons (Fsp3) is 0.533.